The van der Waals surface area contributed by atoms with Crippen molar-refractivity contribution in [3.05, 3.63) is 53.4 Å². The van der Waals surface area contributed by atoms with Gasteiger partial charge < -0.3 is 10.4 Å². The molecule has 2 aromatic carbocycles. The SMILES string of the molecule is Cc1nnc2n1-c1c(cc(F)c(-c3cc(O)cc(F)c3)c1F)NC2(C)C. The highest BCUT2D eigenvalue weighted by atomic mass is 19.1. The molecule has 134 valence electrons. The standard InChI is InChI=1S/C18H15F3N4O/c1-8-23-24-17-18(2,3)22-13-7-12(20)14(15(21)16(13)25(8)17)9-4-10(19)6-11(26)5-9/h4-7,22,26H,1-3H3. The van der Waals surface area contributed by atoms with Gasteiger partial charge in [-0.1, -0.05) is 0 Å². The number of aryl methyl sites for hydroxylation is 1. The van der Waals surface area contributed by atoms with Crippen LogP contribution in [0.1, 0.15) is 25.5 Å². The highest BCUT2D eigenvalue weighted by Crippen LogP contribution is 2.42. The van der Waals surface area contributed by atoms with Crippen LogP contribution in [-0.2, 0) is 5.54 Å². The average molecular weight is 360 g/mol. The number of phenols is 1. The Morgan fingerprint density at radius 3 is 2.50 bits per heavy atom. The zero-order valence-electron chi connectivity index (χ0n) is 14.2. The monoisotopic (exact) mass is 360 g/mol. The molecule has 0 amide bonds. The predicted molar refractivity (Wildman–Crippen MR) is 89.7 cm³/mol. The Hall–Kier alpha value is -3.03. The van der Waals surface area contributed by atoms with Gasteiger partial charge in [0.15, 0.2) is 11.6 Å². The molecular formula is C18H15F3N4O. The van der Waals surface area contributed by atoms with Crippen LogP contribution in [0.2, 0.25) is 0 Å². The minimum Gasteiger partial charge on any atom is -0.508 e. The first-order valence-electron chi connectivity index (χ1n) is 7.92. The first-order chi connectivity index (χ1) is 12.2. The van der Waals surface area contributed by atoms with E-state index in [9.17, 15) is 13.9 Å². The molecule has 5 nitrogen and oxygen atoms in total. The van der Waals surface area contributed by atoms with Crippen LogP contribution in [0.4, 0.5) is 18.9 Å². The summed E-state index contributed by atoms with van der Waals surface area (Å²) in [6, 6.07) is 4.09. The number of anilines is 1. The van der Waals surface area contributed by atoms with Gasteiger partial charge in [-0.2, -0.15) is 0 Å². The topological polar surface area (TPSA) is 63.0 Å². The Balaban J connectivity index is 2.05. The summed E-state index contributed by atoms with van der Waals surface area (Å²) in [6.07, 6.45) is 0. The zero-order valence-corrected chi connectivity index (χ0v) is 14.2. The van der Waals surface area contributed by atoms with Gasteiger partial charge in [0.1, 0.15) is 28.9 Å². The van der Waals surface area contributed by atoms with Gasteiger partial charge in [0.2, 0.25) is 0 Å². The van der Waals surface area contributed by atoms with Crippen molar-refractivity contribution in [2.45, 2.75) is 26.3 Å². The summed E-state index contributed by atoms with van der Waals surface area (Å²) < 4.78 is 45.3. The van der Waals surface area contributed by atoms with Crippen molar-refractivity contribution in [2.75, 3.05) is 5.32 Å². The Bertz CT molecular complexity index is 1040. The summed E-state index contributed by atoms with van der Waals surface area (Å²) in [4.78, 5) is 0. The molecule has 3 aromatic rings. The fourth-order valence-corrected chi connectivity index (χ4v) is 3.33. The van der Waals surface area contributed by atoms with Gasteiger partial charge in [0.05, 0.1) is 16.8 Å². The molecule has 0 atom stereocenters. The highest BCUT2D eigenvalue weighted by molar-refractivity contribution is 5.77. The van der Waals surface area contributed by atoms with Crippen molar-refractivity contribution in [1.29, 1.82) is 0 Å². The number of hydrogen-bond acceptors (Lipinski definition) is 4. The molecule has 0 radical (unpaired) electrons. The third-order valence-electron chi connectivity index (χ3n) is 4.42. The lowest BCUT2D eigenvalue weighted by Crippen LogP contribution is -2.36. The first-order valence-corrected chi connectivity index (χ1v) is 7.92. The van der Waals surface area contributed by atoms with E-state index in [1.165, 1.54) is 4.57 Å². The predicted octanol–water partition coefficient (Wildman–Crippen LogP) is 4.03. The maximum atomic E-state index is 15.4. The molecule has 1 aromatic heterocycles. The highest BCUT2D eigenvalue weighted by Gasteiger charge is 2.37. The van der Waals surface area contributed by atoms with E-state index in [-0.39, 0.29) is 16.9 Å². The maximum Gasteiger partial charge on any atom is 0.162 e. The molecular weight excluding hydrogens is 345 g/mol. The normalized spacial score (nSPS) is 14.5. The van der Waals surface area contributed by atoms with E-state index in [4.69, 9.17) is 0 Å². The van der Waals surface area contributed by atoms with Gasteiger partial charge in [-0.15, -0.1) is 10.2 Å². The molecule has 0 saturated carbocycles. The van der Waals surface area contributed by atoms with E-state index in [0.717, 1.165) is 24.3 Å². The van der Waals surface area contributed by atoms with E-state index in [1.54, 1.807) is 6.92 Å². The van der Waals surface area contributed by atoms with E-state index in [1.807, 2.05) is 13.8 Å². The molecule has 0 bridgehead atoms. The number of benzene rings is 2. The molecule has 8 heteroatoms. The molecule has 0 unspecified atom stereocenters. The maximum absolute atomic E-state index is 15.4. The van der Waals surface area contributed by atoms with E-state index in [2.05, 4.69) is 15.5 Å². The van der Waals surface area contributed by atoms with E-state index in [0.29, 0.717) is 11.6 Å². The lowest BCUT2D eigenvalue weighted by Gasteiger charge is -2.34. The van der Waals surface area contributed by atoms with Crippen LogP contribution in [0, 0.1) is 24.4 Å². The molecule has 1 aliphatic heterocycles. The molecule has 1 aliphatic rings. The van der Waals surface area contributed by atoms with Crippen molar-refractivity contribution in [1.82, 2.24) is 14.8 Å². The number of rotatable bonds is 1. The Kier molecular flexibility index (Phi) is 3.31. The molecule has 2 heterocycles. The van der Waals surface area contributed by atoms with Crippen molar-refractivity contribution >= 4 is 5.69 Å². The molecule has 0 aliphatic carbocycles. The molecule has 26 heavy (non-hydrogen) atoms. The summed E-state index contributed by atoms with van der Waals surface area (Å²) in [7, 11) is 0. The van der Waals surface area contributed by atoms with Crippen LogP contribution in [0.5, 0.6) is 5.75 Å². The van der Waals surface area contributed by atoms with Crippen molar-refractivity contribution < 1.29 is 18.3 Å². The van der Waals surface area contributed by atoms with Gasteiger partial charge in [-0.25, -0.2) is 13.2 Å². The Morgan fingerprint density at radius 2 is 1.81 bits per heavy atom. The number of hydrogen-bond donors (Lipinski definition) is 2. The third kappa shape index (κ3) is 2.25. The van der Waals surface area contributed by atoms with Crippen LogP contribution >= 0.6 is 0 Å². The summed E-state index contributed by atoms with van der Waals surface area (Å²) >= 11 is 0. The Labute approximate surface area is 147 Å². The van der Waals surface area contributed by atoms with Gasteiger partial charge in [0, 0.05) is 6.07 Å². The molecule has 0 saturated heterocycles. The van der Waals surface area contributed by atoms with Gasteiger partial charge >= 0.3 is 0 Å². The second kappa shape index (κ2) is 5.23. The average Bonchev–Trinajstić information content (AvgIpc) is 2.88. The number of aromatic hydroxyl groups is 1. The molecule has 4 rings (SSSR count). The Morgan fingerprint density at radius 1 is 1.08 bits per heavy atom. The van der Waals surface area contributed by atoms with E-state index < -0.39 is 34.3 Å². The molecule has 2 N–H and O–H groups in total. The van der Waals surface area contributed by atoms with Crippen molar-refractivity contribution in [2.24, 2.45) is 0 Å². The number of nitrogens with zero attached hydrogens (tertiary/aromatic N) is 3. The first kappa shape index (κ1) is 16.4. The number of nitrogens with one attached hydrogen (secondary N) is 1. The second-order valence-corrected chi connectivity index (χ2v) is 6.80. The second-order valence-electron chi connectivity index (χ2n) is 6.80. The molecule has 0 spiro atoms. The number of phenolic OH excluding ortho intramolecular Hbond substituents is 1. The summed E-state index contributed by atoms with van der Waals surface area (Å²) in [5.41, 5.74) is -0.922. The van der Waals surface area contributed by atoms with Crippen LogP contribution in [0.15, 0.2) is 24.3 Å². The van der Waals surface area contributed by atoms with Crippen LogP contribution < -0.4 is 5.32 Å². The van der Waals surface area contributed by atoms with Crippen LogP contribution in [0.3, 0.4) is 0 Å². The number of halogens is 3. The lowest BCUT2D eigenvalue weighted by molar-refractivity contribution is 0.469. The van der Waals surface area contributed by atoms with Crippen LogP contribution in [-0.4, -0.2) is 19.9 Å². The summed E-state index contributed by atoms with van der Waals surface area (Å²) in [6.45, 7) is 5.31. The molecule has 0 fully saturated rings. The smallest absolute Gasteiger partial charge is 0.162 e. The minimum absolute atomic E-state index is 0.0574. The fraction of sp³-hybridized carbons (Fsp3) is 0.222. The summed E-state index contributed by atoms with van der Waals surface area (Å²) in [5.74, 6) is -2.06. The minimum atomic E-state index is -0.892. The fourth-order valence-electron chi connectivity index (χ4n) is 3.33. The zero-order chi connectivity index (χ0) is 18.8. The largest absolute Gasteiger partial charge is 0.508 e. The van der Waals surface area contributed by atoms with Crippen molar-refractivity contribution in [3.63, 3.8) is 0 Å². The third-order valence-corrected chi connectivity index (χ3v) is 4.42. The van der Waals surface area contributed by atoms with Crippen LogP contribution in [0.25, 0.3) is 16.8 Å². The van der Waals surface area contributed by atoms with Crippen molar-refractivity contribution in [3.8, 4) is 22.6 Å². The van der Waals surface area contributed by atoms with Gasteiger partial charge in [-0.3, -0.25) is 4.57 Å². The summed E-state index contributed by atoms with van der Waals surface area (Å²) in [5, 5.41) is 20.7. The lowest BCUT2D eigenvalue weighted by atomic mass is 9.96. The van der Waals surface area contributed by atoms with Gasteiger partial charge in [0.25, 0.3) is 0 Å². The van der Waals surface area contributed by atoms with Gasteiger partial charge in [-0.05, 0) is 44.5 Å². The van der Waals surface area contributed by atoms with E-state index >= 15 is 4.39 Å². The quantitative estimate of drug-likeness (QED) is 0.688. The number of fused-ring (bicyclic) bond motifs is 3. The number of aromatic nitrogens is 3.